The van der Waals surface area contributed by atoms with Crippen LogP contribution < -0.4 is 24.5 Å². The van der Waals surface area contributed by atoms with E-state index in [1.165, 1.54) is 51.7 Å². The number of nitro benzene ring substituents is 1. The van der Waals surface area contributed by atoms with Gasteiger partial charge in [0.25, 0.3) is 17.5 Å². The number of anilines is 2. The molecular formula is C41H34Cl2N4O10. The number of rotatable bonds is 9. The molecule has 0 radical (unpaired) electrons. The second-order valence-electron chi connectivity index (χ2n) is 14.3. The number of amides is 4. The maximum Gasteiger partial charge on any atom is 0.271 e. The third-order valence-electron chi connectivity index (χ3n) is 11.7. The van der Waals surface area contributed by atoms with Gasteiger partial charge in [0.2, 0.25) is 17.6 Å². The monoisotopic (exact) mass is 812 g/mol. The number of carbonyl (C=O) groups is 4. The van der Waals surface area contributed by atoms with Gasteiger partial charge in [0, 0.05) is 23.1 Å². The predicted molar refractivity (Wildman–Crippen MR) is 207 cm³/mol. The van der Waals surface area contributed by atoms with Crippen molar-refractivity contribution in [1.29, 1.82) is 0 Å². The predicted octanol–water partition coefficient (Wildman–Crippen LogP) is 6.82. The Morgan fingerprint density at radius 3 is 2.19 bits per heavy atom. The summed E-state index contributed by atoms with van der Waals surface area (Å²) in [5.41, 5.74) is 2.77. The number of hydrogen-bond acceptors (Lipinski definition) is 11. The van der Waals surface area contributed by atoms with Crippen LogP contribution in [0.15, 0.2) is 90.5 Å². The average molecular weight is 814 g/mol. The molecule has 4 amide bonds. The standard InChI is InChI=1S/C41H34Cl2N4O10/c1-55-25-10-7-21(8-11-25)41-29(38(50)46(40(41)52)44-31-14-9-22(42)17-30(31)43)19-28-26(35(41)20-15-32(56-2)36(48)33(16-20)57-3)12-13-27-34(28)39(51)45(37(27)49)23-5-4-6-24(18-23)47(53)54/h4-12,14-18,27-29,34-35,44,48H,13,19H2,1-3H3/t27-,28+,29-,34-,35-,41+/m0/s1. The summed E-state index contributed by atoms with van der Waals surface area (Å²) >= 11 is 12.7. The van der Waals surface area contributed by atoms with Gasteiger partial charge in [0.15, 0.2) is 11.5 Å². The lowest BCUT2D eigenvalue weighted by Gasteiger charge is -2.50. The van der Waals surface area contributed by atoms with Crippen molar-refractivity contribution in [2.24, 2.45) is 23.7 Å². The van der Waals surface area contributed by atoms with Crippen LogP contribution in [0.1, 0.15) is 29.9 Å². The minimum Gasteiger partial charge on any atom is -0.502 e. The van der Waals surface area contributed by atoms with E-state index in [2.05, 4.69) is 5.43 Å². The van der Waals surface area contributed by atoms with Crippen molar-refractivity contribution >= 4 is 63.9 Å². The summed E-state index contributed by atoms with van der Waals surface area (Å²) in [5.74, 6) is -6.78. The van der Waals surface area contributed by atoms with Crippen molar-refractivity contribution < 1.29 is 43.4 Å². The first kappa shape index (κ1) is 37.8. The molecule has 0 spiro atoms. The number of benzene rings is 4. The van der Waals surface area contributed by atoms with Gasteiger partial charge >= 0.3 is 0 Å². The van der Waals surface area contributed by atoms with Crippen LogP contribution in [-0.2, 0) is 24.6 Å². The number of allylic oxidation sites excluding steroid dienone is 2. The Balaban J connectivity index is 1.35. The van der Waals surface area contributed by atoms with E-state index in [1.54, 1.807) is 48.5 Å². The summed E-state index contributed by atoms with van der Waals surface area (Å²) in [4.78, 5) is 71.4. The summed E-state index contributed by atoms with van der Waals surface area (Å²) < 4.78 is 16.6. The third kappa shape index (κ3) is 5.68. The van der Waals surface area contributed by atoms with E-state index in [9.17, 15) is 24.8 Å². The Morgan fingerprint density at radius 2 is 1.56 bits per heavy atom. The Bertz CT molecular complexity index is 2400. The first-order valence-corrected chi connectivity index (χ1v) is 18.6. The number of aromatic hydroxyl groups is 1. The molecule has 16 heteroatoms. The minimum atomic E-state index is -1.69. The molecule has 292 valence electrons. The molecular weight excluding hydrogens is 779 g/mol. The fourth-order valence-electron chi connectivity index (χ4n) is 9.30. The van der Waals surface area contributed by atoms with E-state index < -0.39 is 63.6 Å². The van der Waals surface area contributed by atoms with Crippen LogP contribution in [0.5, 0.6) is 23.0 Å². The van der Waals surface area contributed by atoms with Gasteiger partial charge < -0.3 is 19.3 Å². The summed E-state index contributed by atoms with van der Waals surface area (Å²) in [6, 6.07) is 19.8. The van der Waals surface area contributed by atoms with Crippen LogP contribution in [-0.4, -0.2) is 60.0 Å². The van der Waals surface area contributed by atoms with Crippen LogP contribution in [0.3, 0.4) is 0 Å². The van der Waals surface area contributed by atoms with Crippen molar-refractivity contribution in [3.05, 3.63) is 122 Å². The molecule has 57 heavy (non-hydrogen) atoms. The fourth-order valence-corrected chi connectivity index (χ4v) is 9.75. The number of methoxy groups -OCH3 is 3. The second kappa shape index (κ2) is 14.1. The largest absolute Gasteiger partial charge is 0.502 e. The van der Waals surface area contributed by atoms with Gasteiger partial charge in [0.1, 0.15) is 5.75 Å². The molecule has 2 N–H and O–H groups in total. The van der Waals surface area contributed by atoms with E-state index in [-0.39, 0.29) is 52.2 Å². The number of phenols is 1. The molecule has 3 fully saturated rings. The maximum atomic E-state index is 15.5. The number of nitrogens with one attached hydrogen (secondary N) is 1. The molecule has 4 aromatic carbocycles. The highest BCUT2D eigenvalue weighted by Gasteiger charge is 2.70. The van der Waals surface area contributed by atoms with Gasteiger partial charge in [-0.1, -0.05) is 53.1 Å². The topological polar surface area (TPSA) is 178 Å². The zero-order chi connectivity index (χ0) is 40.5. The number of hydrazine groups is 1. The highest BCUT2D eigenvalue weighted by atomic mass is 35.5. The number of carbonyl (C=O) groups excluding carboxylic acids is 4. The lowest BCUT2D eigenvalue weighted by Crippen LogP contribution is -2.53. The number of phenolic OH excluding ortho intramolecular Hbond substituents is 1. The van der Waals surface area contributed by atoms with Gasteiger partial charge in [-0.15, -0.1) is 0 Å². The molecule has 0 bridgehead atoms. The van der Waals surface area contributed by atoms with Crippen LogP contribution in [0.4, 0.5) is 17.1 Å². The molecule has 4 aromatic rings. The van der Waals surface area contributed by atoms with E-state index in [4.69, 9.17) is 37.4 Å². The Morgan fingerprint density at radius 1 is 0.860 bits per heavy atom. The number of non-ortho nitro benzene ring substituents is 1. The Kier molecular flexibility index (Phi) is 9.36. The molecule has 14 nitrogen and oxygen atoms in total. The lowest BCUT2D eigenvalue weighted by atomic mass is 9.49. The SMILES string of the molecule is COc1ccc([C@@]23C(=O)N(Nc4ccc(Cl)cc4Cl)C(=O)[C@@H]2C[C@@H]2C(=CC[C@@H]4C(=O)N(c5cccc([N+](=O)[O-])c5)C(=O)[C@@H]42)[C@@H]3c2cc(OC)c(O)c(OC)c2)cc1. The molecule has 1 saturated carbocycles. The number of imide groups is 2. The van der Waals surface area contributed by atoms with Gasteiger partial charge in [-0.05, 0) is 78.4 Å². The lowest BCUT2D eigenvalue weighted by molar-refractivity contribution is -0.384. The molecule has 2 aliphatic carbocycles. The first-order valence-electron chi connectivity index (χ1n) is 17.9. The maximum absolute atomic E-state index is 15.5. The molecule has 0 unspecified atom stereocenters. The molecule has 2 saturated heterocycles. The quantitative estimate of drug-likeness (QED) is 0.0784. The summed E-state index contributed by atoms with van der Waals surface area (Å²) in [7, 11) is 4.24. The Hall–Kier alpha value is -6.12. The number of halogens is 2. The van der Waals surface area contributed by atoms with Crippen molar-refractivity contribution in [2.45, 2.75) is 24.2 Å². The number of nitrogens with zero attached hydrogens (tertiary/aromatic N) is 3. The van der Waals surface area contributed by atoms with E-state index in [0.29, 0.717) is 27.5 Å². The number of fused-ring (bicyclic) bond motifs is 4. The van der Waals surface area contributed by atoms with Crippen LogP contribution >= 0.6 is 23.2 Å². The van der Waals surface area contributed by atoms with Crippen LogP contribution in [0.25, 0.3) is 0 Å². The van der Waals surface area contributed by atoms with E-state index in [1.807, 2.05) is 6.08 Å². The second-order valence-corrected chi connectivity index (χ2v) is 15.1. The Labute approximate surface area is 335 Å². The number of nitro groups is 1. The average Bonchev–Trinajstić information content (AvgIpc) is 3.59. The molecule has 8 rings (SSSR count). The number of hydrogen-bond donors (Lipinski definition) is 2. The van der Waals surface area contributed by atoms with E-state index >= 15 is 9.59 Å². The van der Waals surface area contributed by atoms with Crippen LogP contribution in [0, 0.1) is 33.8 Å². The number of ether oxygens (including phenoxy) is 3. The summed E-state index contributed by atoms with van der Waals surface area (Å²) in [5, 5.41) is 24.1. The van der Waals surface area contributed by atoms with Crippen LogP contribution in [0.2, 0.25) is 10.0 Å². The van der Waals surface area contributed by atoms with Crippen molar-refractivity contribution in [3.63, 3.8) is 0 Å². The highest BCUT2D eigenvalue weighted by Crippen LogP contribution is 2.65. The van der Waals surface area contributed by atoms with Crippen molar-refractivity contribution in [1.82, 2.24) is 5.01 Å². The fraction of sp³-hybridized carbons (Fsp3) is 0.268. The van der Waals surface area contributed by atoms with Gasteiger partial charge in [-0.25, -0.2) is 4.90 Å². The first-order chi connectivity index (χ1) is 27.3. The van der Waals surface area contributed by atoms with Gasteiger partial charge in [-0.3, -0.25) is 34.7 Å². The molecule has 6 atom stereocenters. The zero-order valence-electron chi connectivity index (χ0n) is 30.6. The molecule has 2 heterocycles. The van der Waals surface area contributed by atoms with Crippen molar-refractivity contribution in [2.75, 3.05) is 31.7 Å². The highest BCUT2D eigenvalue weighted by molar-refractivity contribution is 6.36. The van der Waals surface area contributed by atoms with Crippen molar-refractivity contribution in [3.8, 4) is 23.0 Å². The smallest absolute Gasteiger partial charge is 0.271 e. The molecule has 0 aromatic heterocycles. The third-order valence-corrected chi connectivity index (χ3v) is 12.3. The van der Waals surface area contributed by atoms with E-state index in [0.717, 1.165) is 9.91 Å². The normalized spacial score (nSPS) is 25.1. The summed E-state index contributed by atoms with van der Waals surface area (Å²) in [6.45, 7) is 0. The van der Waals surface area contributed by atoms with Gasteiger partial charge in [0.05, 0.1) is 65.8 Å². The molecule has 2 aliphatic heterocycles. The minimum absolute atomic E-state index is 0.0270. The zero-order valence-corrected chi connectivity index (χ0v) is 32.1. The summed E-state index contributed by atoms with van der Waals surface area (Å²) in [6.07, 6.45) is 1.93. The molecule has 4 aliphatic rings. The van der Waals surface area contributed by atoms with Gasteiger partial charge in [-0.2, -0.15) is 5.01 Å².